The van der Waals surface area contributed by atoms with E-state index in [1.807, 2.05) is 31.2 Å². The average molecular weight is 326 g/mol. The minimum atomic E-state index is -0.685. The average Bonchev–Trinajstić information content (AvgIpc) is 2.56. The third-order valence-electron chi connectivity index (χ3n) is 3.52. The Morgan fingerprint density at radius 2 is 1.67 bits per heavy atom. The molecule has 0 saturated heterocycles. The van der Waals surface area contributed by atoms with Crippen molar-refractivity contribution in [2.24, 2.45) is 0 Å². The number of carbonyl (C=O) groups is 2. The van der Waals surface area contributed by atoms with Crippen LogP contribution in [0.3, 0.4) is 0 Å². The molecule has 1 N–H and O–H groups in total. The van der Waals surface area contributed by atoms with Crippen LogP contribution in [0.4, 0.5) is 5.69 Å². The van der Waals surface area contributed by atoms with Gasteiger partial charge < -0.3 is 15.0 Å². The van der Waals surface area contributed by atoms with Crippen molar-refractivity contribution in [3.05, 3.63) is 59.7 Å². The molecule has 2 amide bonds. The van der Waals surface area contributed by atoms with Crippen LogP contribution in [0, 0.1) is 6.92 Å². The van der Waals surface area contributed by atoms with Crippen LogP contribution in [-0.2, 0) is 4.79 Å². The molecule has 2 aromatic rings. The summed E-state index contributed by atoms with van der Waals surface area (Å²) in [6.45, 7) is 3.66. The van der Waals surface area contributed by atoms with Gasteiger partial charge in [0.15, 0.2) is 6.10 Å². The molecule has 24 heavy (non-hydrogen) atoms. The summed E-state index contributed by atoms with van der Waals surface area (Å²) in [5, 5.41) is 2.77. The predicted octanol–water partition coefficient (Wildman–Crippen LogP) is 3.10. The zero-order valence-electron chi connectivity index (χ0n) is 14.4. The van der Waals surface area contributed by atoms with Gasteiger partial charge in [0.2, 0.25) is 0 Å². The van der Waals surface area contributed by atoms with Gasteiger partial charge in [0, 0.05) is 14.1 Å². The first-order chi connectivity index (χ1) is 11.4. The molecule has 2 aromatic carbocycles. The van der Waals surface area contributed by atoms with Crippen molar-refractivity contribution in [3.63, 3.8) is 0 Å². The number of aryl methyl sites for hydroxylation is 1. The second kappa shape index (κ2) is 7.64. The Balaban J connectivity index is 2.09. The monoisotopic (exact) mass is 326 g/mol. The fourth-order valence-corrected chi connectivity index (χ4v) is 2.13. The maximum absolute atomic E-state index is 12.4. The summed E-state index contributed by atoms with van der Waals surface area (Å²) in [5.41, 5.74) is 2.04. The first-order valence-electron chi connectivity index (χ1n) is 7.73. The highest BCUT2D eigenvalue weighted by molar-refractivity contribution is 6.04. The number of anilines is 1. The Morgan fingerprint density at radius 3 is 2.29 bits per heavy atom. The van der Waals surface area contributed by atoms with E-state index in [1.54, 1.807) is 45.3 Å². The van der Waals surface area contributed by atoms with Crippen LogP contribution < -0.4 is 10.1 Å². The van der Waals surface area contributed by atoms with Gasteiger partial charge in [0.05, 0.1) is 11.3 Å². The van der Waals surface area contributed by atoms with Gasteiger partial charge in [0.1, 0.15) is 5.75 Å². The molecule has 0 spiro atoms. The Hall–Kier alpha value is -2.82. The van der Waals surface area contributed by atoms with E-state index in [0.717, 1.165) is 5.56 Å². The van der Waals surface area contributed by atoms with Crippen LogP contribution in [-0.4, -0.2) is 36.9 Å². The molecular formula is C19H22N2O3. The summed E-state index contributed by atoms with van der Waals surface area (Å²) in [5.74, 6) is 0.147. The number of amides is 2. The molecule has 0 bridgehead atoms. The second-order valence-electron chi connectivity index (χ2n) is 5.81. The first-order valence-corrected chi connectivity index (χ1v) is 7.73. The number of hydrogen-bond acceptors (Lipinski definition) is 3. The Bertz CT molecular complexity index is 724. The summed E-state index contributed by atoms with van der Waals surface area (Å²) in [6, 6.07) is 14.4. The molecule has 0 fully saturated rings. The van der Waals surface area contributed by atoms with Gasteiger partial charge in [-0.1, -0.05) is 29.8 Å². The van der Waals surface area contributed by atoms with E-state index in [-0.39, 0.29) is 11.8 Å². The molecular weight excluding hydrogens is 304 g/mol. The van der Waals surface area contributed by atoms with E-state index in [9.17, 15) is 9.59 Å². The van der Waals surface area contributed by atoms with Crippen molar-refractivity contribution in [1.82, 2.24) is 4.90 Å². The molecule has 1 unspecified atom stereocenters. The number of ether oxygens (including phenoxy) is 1. The standard InChI is InChI=1S/C19H22N2O3/c1-13-9-11-15(12-10-13)24-14(2)18(22)20-17-8-6-5-7-16(17)19(23)21(3)4/h5-12,14H,1-4H3,(H,20,22). The summed E-state index contributed by atoms with van der Waals surface area (Å²) in [4.78, 5) is 26.0. The van der Waals surface area contributed by atoms with Crippen LogP contribution in [0.25, 0.3) is 0 Å². The van der Waals surface area contributed by atoms with E-state index in [0.29, 0.717) is 17.0 Å². The highest BCUT2D eigenvalue weighted by Gasteiger charge is 2.19. The minimum absolute atomic E-state index is 0.169. The zero-order chi connectivity index (χ0) is 17.7. The summed E-state index contributed by atoms with van der Waals surface area (Å²) < 4.78 is 5.64. The van der Waals surface area contributed by atoms with Crippen LogP contribution in [0.5, 0.6) is 5.75 Å². The number of nitrogens with zero attached hydrogens (tertiary/aromatic N) is 1. The fourth-order valence-electron chi connectivity index (χ4n) is 2.13. The van der Waals surface area contributed by atoms with E-state index in [1.165, 1.54) is 4.90 Å². The smallest absolute Gasteiger partial charge is 0.265 e. The highest BCUT2D eigenvalue weighted by Crippen LogP contribution is 2.18. The van der Waals surface area contributed by atoms with Gasteiger partial charge in [-0.25, -0.2) is 0 Å². The van der Waals surface area contributed by atoms with Gasteiger partial charge in [-0.05, 0) is 38.1 Å². The summed E-state index contributed by atoms with van der Waals surface area (Å²) >= 11 is 0. The van der Waals surface area contributed by atoms with Crippen molar-refractivity contribution in [2.75, 3.05) is 19.4 Å². The van der Waals surface area contributed by atoms with Crippen molar-refractivity contribution in [3.8, 4) is 5.75 Å². The number of para-hydroxylation sites is 1. The Morgan fingerprint density at radius 1 is 1.04 bits per heavy atom. The third kappa shape index (κ3) is 4.35. The van der Waals surface area contributed by atoms with E-state index < -0.39 is 6.10 Å². The highest BCUT2D eigenvalue weighted by atomic mass is 16.5. The second-order valence-corrected chi connectivity index (χ2v) is 5.81. The quantitative estimate of drug-likeness (QED) is 0.918. The van der Waals surface area contributed by atoms with Crippen molar-refractivity contribution < 1.29 is 14.3 Å². The molecule has 0 aliphatic rings. The number of carbonyl (C=O) groups excluding carboxylic acids is 2. The normalized spacial score (nSPS) is 11.5. The van der Waals surface area contributed by atoms with E-state index in [2.05, 4.69) is 5.32 Å². The van der Waals surface area contributed by atoms with Gasteiger partial charge in [-0.2, -0.15) is 0 Å². The lowest BCUT2D eigenvalue weighted by Crippen LogP contribution is -2.31. The lowest BCUT2D eigenvalue weighted by Gasteiger charge is -2.17. The molecule has 126 valence electrons. The Labute approximate surface area is 142 Å². The zero-order valence-corrected chi connectivity index (χ0v) is 14.4. The van der Waals surface area contributed by atoms with Crippen LogP contribution in [0.15, 0.2) is 48.5 Å². The number of hydrogen-bond donors (Lipinski definition) is 1. The Kier molecular flexibility index (Phi) is 5.58. The first kappa shape index (κ1) is 17.5. The van der Waals surface area contributed by atoms with Crippen LogP contribution in [0.2, 0.25) is 0 Å². The number of rotatable bonds is 5. The molecule has 0 aromatic heterocycles. The maximum atomic E-state index is 12.4. The molecule has 0 saturated carbocycles. The molecule has 5 heteroatoms. The molecule has 5 nitrogen and oxygen atoms in total. The van der Waals surface area contributed by atoms with Gasteiger partial charge >= 0.3 is 0 Å². The number of nitrogens with one attached hydrogen (secondary N) is 1. The largest absolute Gasteiger partial charge is 0.481 e. The molecule has 0 aliphatic carbocycles. The molecule has 0 radical (unpaired) electrons. The lowest BCUT2D eigenvalue weighted by atomic mass is 10.1. The fraction of sp³-hybridized carbons (Fsp3) is 0.263. The SMILES string of the molecule is Cc1ccc(OC(C)C(=O)Nc2ccccc2C(=O)N(C)C)cc1. The van der Waals surface area contributed by atoms with Crippen LogP contribution >= 0.6 is 0 Å². The molecule has 0 heterocycles. The predicted molar refractivity (Wildman–Crippen MR) is 94.4 cm³/mol. The minimum Gasteiger partial charge on any atom is -0.481 e. The van der Waals surface area contributed by atoms with Gasteiger partial charge in [0.25, 0.3) is 11.8 Å². The summed E-state index contributed by atoms with van der Waals surface area (Å²) in [7, 11) is 3.34. The van der Waals surface area contributed by atoms with Crippen molar-refractivity contribution >= 4 is 17.5 Å². The van der Waals surface area contributed by atoms with Gasteiger partial charge in [-0.3, -0.25) is 9.59 Å². The maximum Gasteiger partial charge on any atom is 0.265 e. The van der Waals surface area contributed by atoms with E-state index in [4.69, 9.17) is 4.74 Å². The van der Waals surface area contributed by atoms with Crippen molar-refractivity contribution in [1.29, 1.82) is 0 Å². The molecule has 2 rings (SSSR count). The van der Waals surface area contributed by atoms with Crippen molar-refractivity contribution in [2.45, 2.75) is 20.0 Å². The number of benzene rings is 2. The molecule has 0 aliphatic heterocycles. The molecule has 1 atom stereocenters. The van der Waals surface area contributed by atoms with E-state index >= 15 is 0 Å². The third-order valence-corrected chi connectivity index (χ3v) is 3.52. The topological polar surface area (TPSA) is 58.6 Å². The van der Waals surface area contributed by atoms with Crippen LogP contribution in [0.1, 0.15) is 22.8 Å². The summed E-state index contributed by atoms with van der Waals surface area (Å²) in [6.07, 6.45) is -0.685. The lowest BCUT2D eigenvalue weighted by molar-refractivity contribution is -0.122. The van der Waals surface area contributed by atoms with Gasteiger partial charge in [-0.15, -0.1) is 0 Å².